The highest BCUT2D eigenvalue weighted by atomic mass is 16.5. The number of hydrazone groups is 1. The molecule has 10 heteroatoms. The molecular weight excluding hydrogens is 472 g/mol. The number of likely N-dealkylation sites (N-methyl/N-ethyl adjacent to an activating group) is 1. The molecule has 5 heterocycles. The maximum atomic E-state index is 13.5. The number of likely N-dealkylation sites (tertiary alicyclic amines) is 1. The van der Waals surface area contributed by atoms with Gasteiger partial charge in [-0.05, 0) is 37.1 Å². The Morgan fingerprint density at radius 1 is 1.24 bits per heavy atom. The molecule has 0 aromatic carbocycles. The molecule has 2 unspecified atom stereocenters. The van der Waals surface area contributed by atoms with Crippen molar-refractivity contribution >= 4 is 29.5 Å². The molecule has 1 fully saturated rings. The van der Waals surface area contributed by atoms with Gasteiger partial charge in [0, 0.05) is 69.6 Å². The number of hydrogen-bond donors (Lipinski definition) is 1. The van der Waals surface area contributed by atoms with Crippen LogP contribution in [0.15, 0.2) is 53.1 Å². The van der Waals surface area contributed by atoms with Crippen LogP contribution in [0.1, 0.15) is 36.3 Å². The molecule has 1 N–H and O–H groups in total. The van der Waals surface area contributed by atoms with Crippen LogP contribution < -0.4 is 10.1 Å². The second kappa shape index (κ2) is 9.42. The third-order valence-corrected chi connectivity index (χ3v) is 7.59. The number of aryl methyl sites for hydroxylation is 1. The fraction of sp³-hybridized carbons (Fsp3) is 0.407. The summed E-state index contributed by atoms with van der Waals surface area (Å²) >= 11 is 0. The Morgan fingerprint density at radius 3 is 2.73 bits per heavy atom. The summed E-state index contributed by atoms with van der Waals surface area (Å²) in [6, 6.07) is 5.41. The highest BCUT2D eigenvalue weighted by molar-refractivity contribution is 5.96. The van der Waals surface area contributed by atoms with E-state index < -0.39 is 0 Å². The minimum absolute atomic E-state index is 0.00574. The third kappa shape index (κ3) is 4.26. The molecule has 3 aliphatic rings. The average molecular weight is 505 g/mol. The van der Waals surface area contributed by atoms with Crippen molar-refractivity contribution in [3.05, 3.63) is 59.3 Å². The van der Waals surface area contributed by atoms with E-state index in [1.54, 1.807) is 48.2 Å². The molecule has 194 valence electrons. The molecule has 0 aliphatic carbocycles. The molecule has 1 saturated heterocycles. The second-order valence-corrected chi connectivity index (χ2v) is 9.87. The van der Waals surface area contributed by atoms with Gasteiger partial charge in [0.25, 0.3) is 11.8 Å². The molecular formula is C27H32N6O4. The van der Waals surface area contributed by atoms with Gasteiger partial charge in [0.2, 0.25) is 5.91 Å². The van der Waals surface area contributed by atoms with Crippen LogP contribution in [-0.4, -0.2) is 82.4 Å². The maximum Gasteiger partial charge on any atom is 0.268 e. The van der Waals surface area contributed by atoms with E-state index in [-0.39, 0.29) is 35.7 Å². The van der Waals surface area contributed by atoms with Gasteiger partial charge in [-0.25, -0.2) is 0 Å². The molecule has 10 nitrogen and oxygen atoms in total. The number of allylic oxidation sites excluding steroid dienone is 1. The van der Waals surface area contributed by atoms with Gasteiger partial charge in [0.05, 0.1) is 12.3 Å². The lowest BCUT2D eigenvalue weighted by Crippen LogP contribution is -2.41. The van der Waals surface area contributed by atoms with Crippen LogP contribution in [0.4, 0.5) is 0 Å². The molecule has 37 heavy (non-hydrogen) atoms. The van der Waals surface area contributed by atoms with E-state index in [4.69, 9.17) is 4.74 Å². The van der Waals surface area contributed by atoms with Crippen LogP contribution in [0, 0.1) is 12.8 Å². The Balaban J connectivity index is 1.33. The molecule has 0 radical (unpaired) electrons. The van der Waals surface area contributed by atoms with Gasteiger partial charge in [0.15, 0.2) is 0 Å². The number of carbonyl (C=O) groups is 3. The molecule has 0 bridgehead atoms. The number of hydrogen-bond acceptors (Lipinski definition) is 6. The van der Waals surface area contributed by atoms with Crippen LogP contribution in [0.3, 0.4) is 0 Å². The second-order valence-electron chi connectivity index (χ2n) is 9.87. The van der Waals surface area contributed by atoms with Crippen LogP contribution in [-0.2, 0) is 9.59 Å². The lowest BCUT2D eigenvalue weighted by molar-refractivity contribution is -0.130. The summed E-state index contributed by atoms with van der Waals surface area (Å²) in [4.78, 5) is 41.0. The number of carbonyl (C=O) groups excluding carboxylic acids is 3. The minimum atomic E-state index is -0.249. The van der Waals surface area contributed by atoms with E-state index in [1.807, 2.05) is 48.7 Å². The summed E-state index contributed by atoms with van der Waals surface area (Å²) < 4.78 is 8.16. The monoisotopic (exact) mass is 504 g/mol. The van der Waals surface area contributed by atoms with Crippen LogP contribution >= 0.6 is 0 Å². The van der Waals surface area contributed by atoms with Crippen molar-refractivity contribution in [3.63, 3.8) is 0 Å². The number of nitrogens with one attached hydrogen (secondary N) is 1. The maximum absolute atomic E-state index is 13.5. The quantitative estimate of drug-likeness (QED) is 0.673. The summed E-state index contributed by atoms with van der Waals surface area (Å²) in [6.07, 6.45) is 7.88. The zero-order valence-corrected chi connectivity index (χ0v) is 21.8. The first-order valence-corrected chi connectivity index (χ1v) is 12.5. The van der Waals surface area contributed by atoms with E-state index in [1.165, 1.54) is 0 Å². The number of rotatable bonds is 5. The molecule has 0 saturated carbocycles. The summed E-state index contributed by atoms with van der Waals surface area (Å²) in [7, 11) is 3.42. The lowest BCUT2D eigenvalue weighted by atomic mass is 9.94. The average Bonchev–Trinajstić information content (AvgIpc) is 3.58. The molecule has 2 aromatic rings. The van der Waals surface area contributed by atoms with Crippen molar-refractivity contribution in [2.24, 2.45) is 11.0 Å². The fourth-order valence-corrected chi connectivity index (χ4v) is 5.46. The van der Waals surface area contributed by atoms with Crippen molar-refractivity contribution in [2.45, 2.75) is 39.3 Å². The molecule has 3 amide bonds. The van der Waals surface area contributed by atoms with Gasteiger partial charge in [-0.15, -0.1) is 0 Å². The largest absolute Gasteiger partial charge is 0.459 e. The lowest BCUT2D eigenvalue weighted by Gasteiger charge is -2.30. The normalized spacial score (nSPS) is 22.6. The number of aromatic nitrogens is 1. The standard InChI is InChI=1S/C27H32N6O4/c1-16-12-20-13-21(8-11-32(20)24(16)26(35)28-4)37-23-6-9-29-33-15-22(17(2)25(23)33)27(36)30(5)19-7-10-31(14-19)18(3)34/h6,8-9,11-13,15,17,19,25H,7,10,14H2,1-5H3,(H,28,35)/t17?,19-,25?/m1/s1. The first-order chi connectivity index (χ1) is 17.7. The van der Waals surface area contributed by atoms with Crippen LogP contribution in [0.5, 0.6) is 5.75 Å². The number of pyridine rings is 1. The van der Waals surface area contributed by atoms with E-state index in [9.17, 15) is 14.4 Å². The predicted octanol–water partition coefficient (Wildman–Crippen LogP) is 2.15. The van der Waals surface area contributed by atoms with E-state index >= 15 is 0 Å². The van der Waals surface area contributed by atoms with Gasteiger partial charge in [-0.1, -0.05) is 6.92 Å². The minimum Gasteiger partial charge on any atom is -0.459 e. The summed E-state index contributed by atoms with van der Waals surface area (Å²) in [6.45, 7) is 6.70. The fourth-order valence-electron chi connectivity index (χ4n) is 5.46. The SMILES string of the molecule is CNC(=O)c1c(C)cc2cc(OC3=CC=NN4C=C(C(=O)N(C)[C@@H]5CCN(C(C)=O)C5)C(C)C34)ccn12. The van der Waals surface area contributed by atoms with Gasteiger partial charge < -0.3 is 24.3 Å². The Morgan fingerprint density at radius 2 is 2.03 bits per heavy atom. The summed E-state index contributed by atoms with van der Waals surface area (Å²) in [5.41, 5.74) is 2.98. The van der Waals surface area contributed by atoms with Crippen molar-refractivity contribution in [2.75, 3.05) is 27.2 Å². The molecule has 2 aromatic heterocycles. The van der Waals surface area contributed by atoms with Crippen LogP contribution in [0.25, 0.3) is 5.52 Å². The Hall–Kier alpha value is -4.08. The van der Waals surface area contributed by atoms with Crippen molar-refractivity contribution in [1.82, 2.24) is 24.5 Å². The summed E-state index contributed by atoms with van der Waals surface area (Å²) in [5, 5.41) is 8.92. The van der Waals surface area contributed by atoms with Crippen molar-refractivity contribution < 1.29 is 19.1 Å². The van der Waals surface area contributed by atoms with E-state index in [2.05, 4.69) is 10.4 Å². The van der Waals surface area contributed by atoms with E-state index in [0.717, 1.165) is 17.5 Å². The first kappa shape index (κ1) is 24.6. The highest BCUT2D eigenvalue weighted by Gasteiger charge is 2.42. The number of fused-ring (bicyclic) bond motifs is 2. The number of amides is 3. The Labute approximate surface area is 215 Å². The zero-order chi connectivity index (χ0) is 26.4. The number of ether oxygens (including phenoxy) is 1. The number of nitrogens with zero attached hydrogens (tertiary/aromatic N) is 5. The topological polar surface area (TPSA) is 99.0 Å². The highest BCUT2D eigenvalue weighted by Crippen LogP contribution is 2.37. The summed E-state index contributed by atoms with van der Waals surface area (Å²) in [5.74, 6) is 1.00. The molecule has 0 spiro atoms. The van der Waals surface area contributed by atoms with Gasteiger partial charge in [-0.2, -0.15) is 5.10 Å². The Bertz CT molecular complexity index is 1370. The molecule has 5 rings (SSSR count). The van der Waals surface area contributed by atoms with Crippen molar-refractivity contribution in [3.8, 4) is 5.75 Å². The van der Waals surface area contributed by atoms with Gasteiger partial charge in [0.1, 0.15) is 23.2 Å². The molecule has 3 aliphatic heterocycles. The third-order valence-electron chi connectivity index (χ3n) is 7.59. The predicted molar refractivity (Wildman–Crippen MR) is 139 cm³/mol. The van der Waals surface area contributed by atoms with Crippen LogP contribution in [0.2, 0.25) is 0 Å². The first-order valence-electron chi connectivity index (χ1n) is 12.5. The Kier molecular flexibility index (Phi) is 6.26. The van der Waals surface area contributed by atoms with E-state index in [0.29, 0.717) is 35.9 Å². The smallest absolute Gasteiger partial charge is 0.268 e. The van der Waals surface area contributed by atoms with Crippen molar-refractivity contribution in [1.29, 1.82) is 0 Å². The zero-order valence-electron chi connectivity index (χ0n) is 21.8. The molecule has 3 atom stereocenters. The van der Waals surface area contributed by atoms with Gasteiger partial charge >= 0.3 is 0 Å². The van der Waals surface area contributed by atoms with Gasteiger partial charge in [-0.3, -0.25) is 19.4 Å².